The van der Waals surface area contributed by atoms with E-state index in [-0.39, 0.29) is 0 Å². The van der Waals surface area contributed by atoms with Crippen LogP contribution >= 0.6 is 11.6 Å². The second kappa shape index (κ2) is 2.77. The average molecular weight is 205 g/mol. The zero-order chi connectivity index (χ0) is 9.41. The van der Waals surface area contributed by atoms with Crippen LogP contribution < -0.4 is 0 Å². The lowest BCUT2D eigenvalue weighted by Crippen LogP contribution is -2.62. The third-order valence-corrected chi connectivity index (χ3v) is 1.54. The summed E-state index contributed by atoms with van der Waals surface area (Å²) in [6.07, 6.45) is -4.63. The molecule has 0 amide bonds. The molecule has 0 bridgehead atoms. The Morgan fingerprint density at radius 3 is 2.08 bits per heavy atom. The van der Waals surface area contributed by atoms with E-state index in [9.17, 15) is 18.0 Å². The topological polar surface area (TPSA) is 35.5 Å². The van der Waals surface area contributed by atoms with E-state index in [1.165, 1.54) is 0 Å². The molecule has 0 aliphatic carbocycles. The summed E-state index contributed by atoms with van der Waals surface area (Å²) in [6.45, 7) is -1.37. The molecule has 0 aromatic carbocycles. The molecule has 1 saturated heterocycles. The normalized spacial score (nSPS) is 21.3. The Hall–Kier alpha value is -0.490. The summed E-state index contributed by atoms with van der Waals surface area (Å²) in [5.74, 6) is 0. The highest BCUT2D eigenvalue weighted by molar-refractivity contribution is 6.61. The standard InChI is InChI=1S/C5H4ClF3O3/c6-3(10)12-4(1-11-2-4)5(7,8)9/h1-2H2. The van der Waals surface area contributed by atoms with Crippen LogP contribution in [0.4, 0.5) is 18.0 Å². The molecule has 0 saturated carbocycles. The Morgan fingerprint density at radius 1 is 1.50 bits per heavy atom. The van der Waals surface area contributed by atoms with Gasteiger partial charge in [-0.25, -0.2) is 4.79 Å². The van der Waals surface area contributed by atoms with Gasteiger partial charge in [-0.05, 0) is 0 Å². The molecular weight excluding hydrogens is 200 g/mol. The van der Waals surface area contributed by atoms with Crippen molar-refractivity contribution in [1.82, 2.24) is 0 Å². The number of halogens is 4. The van der Waals surface area contributed by atoms with Gasteiger partial charge >= 0.3 is 11.6 Å². The SMILES string of the molecule is O=C(Cl)OC1(C(F)(F)F)COC1. The van der Waals surface area contributed by atoms with Gasteiger partial charge in [-0.1, -0.05) is 0 Å². The van der Waals surface area contributed by atoms with Crippen molar-refractivity contribution in [2.24, 2.45) is 0 Å². The van der Waals surface area contributed by atoms with Crippen molar-refractivity contribution in [2.75, 3.05) is 13.2 Å². The summed E-state index contributed by atoms with van der Waals surface area (Å²) in [4.78, 5) is 10.1. The Kier molecular flexibility index (Phi) is 2.22. The van der Waals surface area contributed by atoms with Crippen LogP contribution in [-0.4, -0.2) is 30.4 Å². The van der Waals surface area contributed by atoms with Crippen LogP contribution in [0.3, 0.4) is 0 Å². The molecule has 0 N–H and O–H groups in total. The molecule has 1 rings (SSSR count). The first kappa shape index (κ1) is 9.60. The molecule has 1 aliphatic rings. The van der Waals surface area contributed by atoms with E-state index < -0.39 is 30.4 Å². The van der Waals surface area contributed by atoms with E-state index in [2.05, 4.69) is 21.1 Å². The number of hydrogen-bond acceptors (Lipinski definition) is 3. The Bertz CT molecular complexity index is 199. The third kappa shape index (κ3) is 1.49. The Balaban J connectivity index is 2.70. The molecule has 0 aromatic rings. The predicted octanol–water partition coefficient (Wildman–Crippen LogP) is 1.69. The van der Waals surface area contributed by atoms with Gasteiger partial charge in [0.1, 0.15) is 0 Å². The summed E-state index contributed by atoms with van der Waals surface area (Å²) >= 11 is 4.66. The number of carbonyl (C=O) groups is 1. The summed E-state index contributed by atoms with van der Waals surface area (Å²) in [5.41, 5.74) is -4.00. The summed E-state index contributed by atoms with van der Waals surface area (Å²) in [7, 11) is 0. The minimum absolute atomic E-state index is 0.686. The van der Waals surface area contributed by atoms with Gasteiger partial charge < -0.3 is 9.47 Å². The fourth-order valence-electron chi connectivity index (χ4n) is 0.722. The maximum Gasteiger partial charge on any atom is 0.433 e. The Morgan fingerprint density at radius 2 is 2.00 bits per heavy atom. The first-order chi connectivity index (χ1) is 5.37. The van der Waals surface area contributed by atoms with E-state index in [0.29, 0.717) is 0 Å². The molecule has 0 atom stereocenters. The van der Waals surface area contributed by atoms with Gasteiger partial charge in [-0.3, -0.25) is 0 Å². The third-order valence-electron chi connectivity index (χ3n) is 1.46. The smallest absolute Gasteiger partial charge is 0.432 e. The van der Waals surface area contributed by atoms with E-state index in [1.54, 1.807) is 0 Å². The number of alkyl halides is 3. The van der Waals surface area contributed by atoms with Gasteiger partial charge in [0.05, 0.1) is 13.2 Å². The van der Waals surface area contributed by atoms with Crippen molar-refractivity contribution in [3.63, 3.8) is 0 Å². The van der Waals surface area contributed by atoms with Crippen molar-refractivity contribution in [1.29, 1.82) is 0 Å². The van der Waals surface area contributed by atoms with Gasteiger partial charge in [0.25, 0.3) is 5.60 Å². The molecule has 7 heteroatoms. The molecular formula is C5H4ClF3O3. The van der Waals surface area contributed by atoms with Crippen molar-refractivity contribution >= 4 is 17.0 Å². The Labute approximate surface area is 70.4 Å². The highest BCUT2D eigenvalue weighted by Crippen LogP contribution is 2.39. The van der Waals surface area contributed by atoms with Crippen molar-refractivity contribution in [2.45, 2.75) is 11.8 Å². The molecule has 1 heterocycles. The van der Waals surface area contributed by atoms with Crippen LogP contribution in [0.5, 0.6) is 0 Å². The minimum atomic E-state index is -4.63. The molecule has 3 nitrogen and oxygen atoms in total. The summed E-state index contributed by atoms with van der Waals surface area (Å²) < 4.78 is 44.5. The summed E-state index contributed by atoms with van der Waals surface area (Å²) in [6, 6.07) is 0. The van der Waals surface area contributed by atoms with Crippen LogP contribution in [0.2, 0.25) is 0 Å². The second-order valence-electron chi connectivity index (χ2n) is 2.32. The van der Waals surface area contributed by atoms with Crippen LogP contribution in [0.15, 0.2) is 0 Å². The number of hydrogen-bond donors (Lipinski definition) is 0. The van der Waals surface area contributed by atoms with Gasteiger partial charge in [-0.15, -0.1) is 0 Å². The average Bonchev–Trinajstić information content (AvgIpc) is 1.74. The van der Waals surface area contributed by atoms with Crippen LogP contribution in [0.1, 0.15) is 0 Å². The molecule has 0 spiro atoms. The van der Waals surface area contributed by atoms with Crippen molar-refractivity contribution in [3.8, 4) is 0 Å². The number of rotatable bonds is 1. The molecule has 1 fully saturated rings. The molecule has 1 aliphatic heterocycles. The number of ether oxygens (including phenoxy) is 2. The van der Waals surface area contributed by atoms with E-state index in [1.807, 2.05) is 0 Å². The maximum atomic E-state index is 12.1. The maximum absolute atomic E-state index is 12.1. The second-order valence-corrected chi connectivity index (χ2v) is 2.63. The molecule has 0 aromatic heterocycles. The number of carbonyl (C=O) groups excluding carboxylic acids is 1. The lowest BCUT2D eigenvalue weighted by molar-refractivity contribution is -0.329. The largest absolute Gasteiger partial charge is 0.433 e. The lowest BCUT2D eigenvalue weighted by Gasteiger charge is -2.40. The highest BCUT2D eigenvalue weighted by Gasteiger charge is 2.63. The quantitative estimate of drug-likeness (QED) is 0.610. The van der Waals surface area contributed by atoms with E-state index >= 15 is 0 Å². The van der Waals surface area contributed by atoms with Gasteiger partial charge in [0.2, 0.25) is 0 Å². The highest BCUT2D eigenvalue weighted by atomic mass is 35.5. The van der Waals surface area contributed by atoms with Crippen LogP contribution in [-0.2, 0) is 9.47 Å². The fourth-order valence-corrected chi connectivity index (χ4v) is 0.869. The minimum Gasteiger partial charge on any atom is -0.432 e. The van der Waals surface area contributed by atoms with E-state index in [4.69, 9.17) is 0 Å². The van der Waals surface area contributed by atoms with Crippen LogP contribution in [0, 0.1) is 0 Å². The fraction of sp³-hybridized carbons (Fsp3) is 0.800. The van der Waals surface area contributed by atoms with Gasteiger partial charge in [0, 0.05) is 11.6 Å². The molecule has 70 valence electrons. The first-order valence-corrected chi connectivity index (χ1v) is 3.28. The van der Waals surface area contributed by atoms with Gasteiger partial charge in [-0.2, -0.15) is 13.2 Å². The predicted molar refractivity (Wildman–Crippen MR) is 31.9 cm³/mol. The first-order valence-electron chi connectivity index (χ1n) is 2.90. The monoisotopic (exact) mass is 204 g/mol. The van der Waals surface area contributed by atoms with Crippen molar-refractivity contribution in [3.05, 3.63) is 0 Å². The lowest BCUT2D eigenvalue weighted by atomic mass is 10.0. The van der Waals surface area contributed by atoms with E-state index in [0.717, 1.165) is 0 Å². The van der Waals surface area contributed by atoms with Gasteiger partial charge in [0.15, 0.2) is 0 Å². The zero-order valence-corrected chi connectivity index (χ0v) is 6.41. The molecule has 0 unspecified atom stereocenters. The zero-order valence-electron chi connectivity index (χ0n) is 5.65. The van der Waals surface area contributed by atoms with Crippen LogP contribution in [0.25, 0.3) is 0 Å². The summed E-state index contributed by atoms with van der Waals surface area (Å²) in [5, 5.41) is 0. The van der Waals surface area contributed by atoms with Crippen molar-refractivity contribution < 1.29 is 27.4 Å². The molecule has 12 heavy (non-hydrogen) atoms. The molecule has 0 radical (unpaired) electrons.